The summed E-state index contributed by atoms with van der Waals surface area (Å²) in [6, 6.07) is 1.98. The van der Waals surface area contributed by atoms with Crippen LogP contribution in [-0.4, -0.2) is 64.6 Å². The van der Waals surface area contributed by atoms with E-state index in [0.717, 1.165) is 0 Å². The molecule has 0 aliphatic rings. The molecule has 0 bridgehead atoms. The fourth-order valence-electron chi connectivity index (χ4n) is 3.01. The van der Waals surface area contributed by atoms with Crippen molar-refractivity contribution in [3.8, 4) is 0 Å². The van der Waals surface area contributed by atoms with E-state index in [9.17, 15) is 43.2 Å². The molecule has 0 amide bonds. The molecule has 2 aromatic rings. The largest absolute Gasteiger partial charge is 0.394 e. The SMILES string of the molecule is C.CCN(CC)CC.Nc1c(F)cc(F)cc1F.O=S(=O)(CCCCCl)Cc1c(F)cc(F)cc1F.O=S(=O)(Cl)CCCCCl. The standard InChI is InChI=1S/C11H12ClF3O2S.C6H4F3N.C6H15N.C4H8Cl2O2S.CH4/c12-3-1-2-4-18(16,17)7-9-10(14)5-8(13)6-11(9)15;7-3-1-4(8)6(10)5(9)2-3;1-4-7(5-2)6-3;5-3-1-2-4-9(6,7)8;/h5-6H,1-4,7H2;1-2H,10H2;4-6H2,1-3H3;1-4H2;1H4. The highest BCUT2D eigenvalue weighted by Gasteiger charge is 2.19. The van der Waals surface area contributed by atoms with Gasteiger partial charge in [-0.1, -0.05) is 28.2 Å². The average molecular weight is 756 g/mol. The van der Waals surface area contributed by atoms with Crippen molar-refractivity contribution in [2.45, 2.75) is 59.6 Å². The number of rotatable bonds is 13. The maximum Gasteiger partial charge on any atom is 0.232 e. The molecular formula is C28H43Cl3F6N2O4S2. The second-order valence-electron chi connectivity index (χ2n) is 8.88. The molecule has 0 heterocycles. The summed E-state index contributed by atoms with van der Waals surface area (Å²) >= 11 is 10.7. The summed E-state index contributed by atoms with van der Waals surface area (Å²) in [7, 11) is -2.01. The zero-order valence-electron chi connectivity index (χ0n) is 24.7. The Morgan fingerprint density at radius 1 is 0.667 bits per heavy atom. The van der Waals surface area contributed by atoms with Crippen LogP contribution >= 0.6 is 33.9 Å². The minimum Gasteiger partial charge on any atom is -0.394 e. The molecule has 0 saturated carbocycles. The van der Waals surface area contributed by atoms with Crippen LogP contribution in [0.3, 0.4) is 0 Å². The second kappa shape index (κ2) is 25.6. The third-order valence-electron chi connectivity index (χ3n) is 5.47. The average Bonchev–Trinajstić information content (AvgIpc) is 2.91. The summed E-state index contributed by atoms with van der Waals surface area (Å²) in [4.78, 5) is 2.38. The van der Waals surface area contributed by atoms with E-state index in [-0.39, 0.29) is 18.9 Å². The fourth-order valence-corrected chi connectivity index (χ4v) is 5.77. The number of nitrogens with zero attached hydrogens (tertiary/aromatic N) is 1. The van der Waals surface area contributed by atoms with Gasteiger partial charge < -0.3 is 10.6 Å². The van der Waals surface area contributed by atoms with Crippen LogP contribution in [0.2, 0.25) is 0 Å². The Bertz CT molecular complexity index is 1270. The van der Waals surface area contributed by atoms with E-state index in [1.807, 2.05) is 0 Å². The maximum atomic E-state index is 13.3. The molecular weight excluding hydrogens is 713 g/mol. The molecule has 0 aliphatic carbocycles. The number of hydrogen-bond acceptors (Lipinski definition) is 6. The summed E-state index contributed by atoms with van der Waals surface area (Å²) in [6.07, 6.45) is 2.09. The molecule has 0 spiro atoms. The topological polar surface area (TPSA) is 97.5 Å². The first-order chi connectivity index (χ1) is 20.4. The van der Waals surface area contributed by atoms with Crippen LogP contribution in [0.4, 0.5) is 32.0 Å². The fraction of sp³-hybridized carbons (Fsp3) is 0.571. The van der Waals surface area contributed by atoms with Crippen molar-refractivity contribution in [2.24, 2.45) is 0 Å². The molecule has 0 atom stereocenters. The Morgan fingerprint density at radius 3 is 1.33 bits per heavy atom. The molecule has 2 N–H and O–H groups in total. The second-order valence-corrected chi connectivity index (χ2v) is 14.7. The summed E-state index contributed by atoms with van der Waals surface area (Å²) in [6.45, 7) is 10.1. The lowest BCUT2D eigenvalue weighted by Crippen LogP contribution is -2.21. The van der Waals surface area contributed by atoms with E-state index in [0.29, 0.717) is 61.7 Å². The minimum atomic E-state index is -3.63. The van der Waals surface area contributed by atoms with Crippen LogP contribution in [0.25, 0.3) is 0 Å². The molecule has 0 radical (unpaired) electrons. The Hall–Kier alpha value is -1.45. The first-order valence-corrected chi connectivity index (χ1v) is 18.7. The molecule has 264 valence electrons. The number of sulfone groups is 1. The van der Waals surface area contributed by atoms with E-state index in [1.165, 1.54) is 19.6 Å². The molecule has 0 aliphatic heterocycles. The van der Waals surface area contributed by atoms with Crippen molar-refractivity contribution in [1.29, 1.82) is 0 Å². The monoisotopic (exact) mass is 754 g/mol. The third-order valence-corrected chi connectivity index (χ3v) is 8.88. The summed E-state index contributed by atoms with van der Waals surface area (Å²) in [5, 5.41) is 0. The molecule has 6 nitrogen and oxygen atoms in total. The van der Waals surface area contributed by atoms with E-state index < -0.39 is 70.8 Å². The molecule has 0 unspecified atom stereocenters. The highest BCUT2D eigenvalue weighted by Crippen LogP contribution is 2.18. The number of nitrogen functional groups attached to an aromatic ring is 1. The number of unbranched alkanes of at least 4 members (excludes halogenated alkanes) is 2. The van der Waals surface area contributed by atoms with Gasteiger partial charge in [0.1, 0.15) is 29.0 Å². The van der Waals surface area contributed by atoms with Crippen molar-refractivity contribution in [2.75, 3.05) is 48.6 Å². The third kappa shape index (κ3) is 24.4. The van der Waals surface area contributed by atoms with Gasteiger partial charge in [-0.3, -0.25) is 0 Å². The zero-order valence-corrected chi connectivity index (χ0v) is 28.6. The quantitative estimate of drug-likeness (QED) is 0.0727. The number of nitrogens with two attached hydrogens (primary N) is 1. The van der Waals surface area contributed by atoms with Crippen LogP contribution in [0, 0.1) is 34.9 Å². The van der Waals surface area contributed by atoms with Gasteiger partial charge in [-0.15, -0.1) is 23.2 Å². The minimum absolute atomic E-state index is 0. The van der Waals surface area contributed by atoms with E-state index in [2.05, 4.69) is 25.7 Å². The van der Waals surface area contributed by atoms with Crippen molar-refractivity contribution in [3.05, 3.63) is 64.7 Å². The highest BCUT2D eigenvalue weighted by molar-refractivity contribution is 8.13. The highest BCUT2D eigenvalue weighted by atomic mass is 35.7. The van der Waals surface area contributed by atoms with Crippen molar-refractivity contribution in [1.82, 2.24) is 4.90 Å². The van der Waals surface area contributed by atoms with Crippen LogP contribution < -0.4 is 5.73 Å². The Labute approximate surface area is 278 Å². The Morgan fingerprint density at radius 2 is 1.02 bits per heavy atom. The summed E-state index contributed by atoms with van der Waals surface area (Å²) in [5.74, 6) is -6.68. The van der Waals surface area contributed by atoms with Gasteiger partial charge in [0.05, 0.1) is 17.3 Å². The van der Waals surface area contributed by atoms with Crippen LogP contribution in [-0.2, 0) is 24.6 Å². The zero-order chi connectivity index (χ0) is 34.5. The molecule has 17 heteroatoms. The van der Waals surface area contributed by atoms with E-state index in [1.54, 1.807) is 0 Å². The molecule has 0 aromatic heterocycles. The number of anilines is 1. The molecule has 45 heavy (non-hydrogen) atoms. The van der Waals surface area contributed by atoms with Crippen molar-refractivity contribution >= 4 is 58.5 Å². The van der Waals surface area contributed by atoms with Crippen LogP contribution in [0.15, 0.2) is 24.3 Å². The summed E-state index contributed by atoms with van der Waals surface area (Å²) < 4.78 is 119. The molecule has 0 saturated heterocycles. The molecule has 0 fully saturated rings. The van der Waals surface area contributed by atoms with Gasteiger partial charge in [0.25, 0.3) is 0 Å². The van der Waals surface area contributed by atoms with E-state index in [4.69, 9.17) is 39.6 Å². The van der Waals surface area contributed by atoms with Gasteiger partial charge in [-0.25, -0.2) is 43.2 Å². The number of hydrogen-bond donors (Lipinski definition) is 1. The lowest BCUT2D eigenvalue weighted by molar-refractivity contribution is 0.321. The molecule has 2 rings (SSSR count). The van der Waals surface area contributed by atoms with Gasteiger partial charge in [0.15, 0.2) is 21.5 Å². The van der Waals surface area contributed by atoms with Gasteiger partial charge in [-0.2, -0.15) is 0 Å². The summed E-state index contributed by atoms with van der Waals surface area (Å²) in [5.41, 5.74) is 3.56. The van der Waals surface area contributed by atoms with Crippen molar-refractivity contribution < 1.29 is 43.2 Å². The van der Waals surface area contributed by atoms with Gasteiger partial charge >= 0.3 is 0 Å². The first-order valence-electron chi connectivity index (χ1n) is 13.4. The van der Waals surface area contributed by atoms with Crippen molar-refractivity contribution in [3.63, 3.8) is 0 Å². The Kier molecular flexibility index (Phi) is 27.3. The lowest BCUT2D eigenvalue weighted by Gasteiger charge is -2.13. The maximum absolute atomic E-state index is 13.3. The Balaban J connectivity index is -0.000000560. The van der Waals surface area contributed by atoms with Crippen LogP contribution in [0.1, 0.15) is 59.4 Å². The number of alkyl halides is 2. The normalized spacial score (nSPS) is 10.9. The first kappa shape index (κ1) is 48.0. The van der Waals surface area contributed by atoms with Gasteiger partial charge in [0.2, 0.25) is 9.05 Å². The van der Waals surface area contributed by atoms with Gasteiger partial charge in [-0.05, 0) is 45.3 Å². The number of benzene rings is 2. The number of halogens is 9. The van der Waals surface area contributed by atoms with E-state index >= 15 is 0 Å². The van der Waals surface area contributed by atoms with Gasteiger partial charge in [0, 0.05) is 52.3 Å². The predicted molar refractivity (Wildman–Crippen MR) is 174 cm³/mol. The predicted octanol–water partition coefficient (Wildman–Crippen LogP) is 8.28. The molecule has 2 aromatic carbocycles. The van der Waals surface area contributed by atoms with Crippen LogP contribution in [0.5, 0.6) is 0 Å². The lowest BCUT2D eigenvalue weighted by atomic mass is 10.2. The smallest absolute Gasteiger partial charge is 0.232 e.